The first-order valence-electron chi connectivity index (χ1n) is 13.9. The summed E-state index contributed by atoms with van der Waals surface area (Å²) < 4.78 is 63.1. The Bertz CT molecular complexity index is 2040. The van der Waals surface area contributed by atoms with Gasteiger partial charge in [0.05, 0.1) is 30.3 Å². The van der Waals surface area contributed by atoms with Crippen molar-refractivity contribution in [3.8, 4) is 17.2 Å². The summed E-state index contributed by atoms with van der Waals surface area (Å²) in [6.45, 7) is 3.24. The van der Waals surface area contributed by atoms with Crippen molar-refractivity contribution in [2.24, 2.45) is 0 Å². The van der Waals surface area contributed by atoms with E-state index in [1.807, 2.05) is 0 Å². The standard InChI is InChI=1S/C17H15F3N4O.C14H13FN2O4/c18-13-7-11(21)1-2-15(13)25-16-8-12(9-24-14(16)3-5-22-24)23-6-4-17(19,20)10-23;1-8(2)16-7-11(13(19)20)12(18)17(14(16)21)10-5-3-9(15)4-6-10/h1-3,5,7-9H,4,6,10,21H2;3-8H,1-2H3,(H,19,20). The van der Waals surface area contributed by atoms with Crippen LogP contribution in [-0.4, -0.2) is 48.8 Å². The zero-order valence-corrected chi connectivity index (χ0v) is 24.5. The van der Waals surface area contributed by atoms with Gasteiger partial charge in [-0.1, -0.05) is 0 Å². The SMILES string of the molecule is CC(C)n1cc(C(=O)O)c(=O)n(-c2ccc(F)cc2)c1=O.Nc1ccc(Oc2cc(N3CCC(F)(F)C3)cn3nccc23)c(F)c1. The Morgan fingerprint density at radius 3 is 2.33 bits per heavy atom. The lowest BCUT2D eigenvalue weighted by Gasteiger charge is -2.19. The number of hydrogen-bond donors (Lipinski definition) is 2. The van der Waals surface area contributed by atoms with Crippen LogP contribution in [0, 0.1) is 11.6 Å². The molecule has 1 aliphatic rings. The van der Waals surface area contributed by atoms with Crippen molar-refractivity contribution in [1.29, 1.82) is 0 Å². The Kier molecular flexibility index (Phi) is 8.59. The Labute approximate surface area is 258 Å². The zero-order valence-electron chi connectivity index (χ0n) is 24.5. The fourth-order valence-corrected chi connectivity index (χ4v) is 4.82. The number of rotatable bonds is 6. The number of nitrogens with two attached hydrogens (primary N) is 1. The lowest BCUT2D eigenvalue weighted by molar-refractivity contribution is 0.0257. The molecule has 1 aliphatic heterocycles. The summed E-state index contributed by atoms with van der Waals surface area (Å²) in [5.41, 5.74) is 4.94. The first kappa shape index (κ1) is 31.8. The number of pyridine rings is 1. The quantitative estimate of drug-likeness (QED) is 0.193. The minimum absolute atomic E-state index is 0.00111. The monoisotopic (exact) mass is 640 g/mol. The molecular weight excluding hydrogens is 612 g/mol. The van der Waals surface area contributed by atoms with Gasteiger partial charge in [-0.15, -0.1) is 0 Å². The number of halogens is 4. The molecule has 1 saturated heterocycles. The third-order valence-corrected chi connectivity index (χ3v) is 7.15. The van der Waals surface area contributed by atoms with Gasteiger partial charge >= 0.3 is 11.7 Å². The van der Waals surface area contributed by atoms with Gasteiger partial charge in [0.1, 0.15) is 16.9 Å². The molecule has 0 bridgehead atoms. The number of carboxylic acid groups (broad SMARTS) is 1. The smallest absolute Gasteiger partial charge is 0.342 e. The van der Waals surface area contributed by atoms with Gasteiger partial charge in [-0.05, 0) is 56.3 Å². The maximum absolute atomic E-state index is 14.0. The van der Waals surface area contributed by atoms with E-state index in [0.29, 0.717) is 17.0 Å². The van der Waals surface area contributed by atoms with E-state index in [1.54, 1.807) is 43.3 Å². The molecule has 6 rings (SSSR count). The number of nitrogen functional groups attached to an aromatic ring is 1. The molecule has 4 heterocycles. The van der Waals surface area contributed by atoms with Crippen LogP contribution in [0.2, 0.25) is 0 Å². The fourth-order valence-electron chi connectivity index (χ4n) is 4.82. The summed E-state index contributed by atoms with van der Waals surface area (Å²) in [6.07, 6.45) is 4.04. The highest BCUT2D eigenvalue weighted by Gasteiger charge is 2.38. The van der Waals surface area contributed by atoms with Gasteiger partial charge in [-0.25, -0.2) is 36.2 Å². The third-order valence-electron chi connectivity index (χ3n) is 7.15. The van der Waals surface area contributed by atoms with Gasteiger partial charge in [0.15, 0.2) is 17.3 Å². The number of fused-ring (bicyclic) bond motifs is 1. The summed E-state index contributed by atoms with van der Waals surface area (Å²) in [4.78, 5) is 37.2. The normalized spacial score (nSPS) is 13.9. The molecule has 0 amide bonds. The molecule has 0 spiro atoms. The molecule has 46 heavy (non-hydrogen) atoms. The van der Waals surface area contributed by atoms with Crippen LogP contribution in [0.1, 0.15) is 36.7 Å². The molecule has 0 aliphatic carbocycles. The van der Waals surface area contributed by atoms with E-state index in [0.717, 1.165) is 33.5 Å². The van der Waals surface area contributed by atoms with E-state index in [4.69, 9.17) is 15.6 Å². The van der Waals surface area contributed by atoms with E-state index >= 15 is 0 Å². The van der Waals surface area contributed by atoms with Crippen LogP contribution in [0.5, 0.6) is 11.5 Å². The highest BCUT2D eigenvalue weighted by molar-refractivity contribution is 5.86. The topological polar surface area (TPSA) is 137 Å². The molecule has 2 aromatic carbocycles. The second kappa shape index (κ2) is 12.4. The van der Waals surface area contributed by atoms with Crippen molar-refractivity contribution in [3.63, 3.8) is 0 Å². The molecule has 1 fully saturated rings. The highest BCUT2D eigenvalue weighted by Crippen LogP contribution is 2.36. The van der Waals surface area contributed by atoms with Gasteiger partial charge in [0, 0.05) is 43.0 Å². The Hall–Kier alpha value is -5.60. The van der Waals surface area contributed by atoms with Crippen molar-refractivity contribution in [2.75, 3.05) is 23.7 Å². The van der Waals surface area contributed by atoms with Crippen LogP contribution >= 0.6 is 0 Å². The largest absolute Gasteiger partial charge is 0.477 e. The lowest BCUT2D eigenvalue weighted by Crippen LogP contribution is -2.41. The van der Waals surface area contributed by atoms with E-state index in [-0.39, 0.29) is 42.7 Å². The predicted molar refractivity (Wildman–Crippen MR) is 161 cm³/mol. The van der Waals surface area contributed by atoms with Gasteiger partial charge < -0.3 is 20.5 Å². The van der Waals surface area contributed by atoms with Gasteiger partial charge in [0.25, 0.3) is 11.5 Å². The zero-order chi connectivity index (χ0) is 33.3. The molecule has 3 N–H and O–H groups in total. The van der Waals surface area contributed by atoms with E-state index in [9.17, 15) is 31.9 Å². The number of aromatic carboxylic acids is 1. The van der Waals surface area contributed by atoms with Gasteiger partial charge in [0.2, 0.25) is 0 Å². The maximum atomic E-state index is 14.0. The van der Waals surface area contributed by atoms with Crippen molar-refractivity contribution >= 4 is 22.9 Å². The predicted octanol–water partition coefficient (Wildman–Crippen LogP) is 5.11. The number of hydrogen-bond acceptors (Lipinski definition) is 7. The van der Waals surface area contributed by atoms with Crippen LogP contribution in [0.3, 0.4) is 0 Å². The molecule has 0 radical (unpaired) electrons. The summed E-state index contributed by atoms with van der Waals surface area (Å²) in [7, 11) is 0. The van der Waals surface area contributed by atoms with Crippen LogP contribution in [0.4, 0.5) is 28.9 Å². The van der Waals surface area contributed by atoms with Crippen molar-refractivity contribution in [3.05, 3.63) is 111 Å². The van der Waals surface area contributed by atoms with Crippen LogP contribution in [0.25, 0.3) is 11.2 Å². The second-order valence-corrected chi connectivity index (χ2v) is 10.8. The highest BCUT2D eigenvalue weighted by atomic mass is 19.3. The van der Waals surface area contributed by atoms with E-state index < -0.39 is 40.3 Å². The number of carbonyl (C=O) groups is 1. The lowest BCUT2D eigenvalue weighted by atomic mass is 10.2. The summed E-state index contributed by atoms with van der Waals surface area (Å²) in [6, 6.07) is 11.8. The molecule has 0 atom stereocenters. The minimum atomic E-state index is -2.72. The minimum Gasteiger partial charge on any atom is -0.477 e. The Morgan fingerprint density at radius 1 is 1.00 bits per heavy atom. The molecule has 15 heteroatoms. The van der Waals surface area contributed by atoms with Crippen LogP contribution in [-0.2, 0) is 0 Å². The van der Waals surface area contributed by atoms with Crippen molar-refractivity contribution < 1.29 is 32.2 Å². The Balaban J connectivity index is 0.000000184. The third kappa shape index (κ3) is 6.57. The first-order chi connectivity index (χ1) is 21.7. The number of ether oxygens (including phenoxy) is 1. The average Bonchev–Trinajstić information content (AvgIpc) is 3.61. The number of carboxylic acids is 1. The van der Waals surface area contributed by atoms with Crippen LogP contribution in [0.15, 0.2) is 82.8 Å². The fraction of sp³-hybridized carbons (Fsp3) is 0.226. The molecule has 0 saturated carbocycles. The van der Waals surface area contributed by atoms with Crippen molar-refractivity contribution in [1.82, 2.24) is 18.7 Å². The summed E-state index contributed by atoms with van der Waals surface area (Å²) >= 11 is 0. The molecule has 240 valence electrons. The second-order valence-electron chi connectivity index (χ2n) is 10.8. The summed E-state index contributed by atoms with van der Waals surface area (Å²) in [5, 5.41) is 13.2. The van der Waals surface area contributed by atoms with Crippen LogP contribution < -0.4 is 26.6 Å². The molecule has 3 aromatic heterocycles. The number of alkyl halides is 2. The number of nitrogens with zero attached hydrogens (tertiary/aromatic N) is 5. The van der Waals surface area contributed by atoms with Crippen molar-refractivity contribution in [2.45, 2.75) is 32.2 Å². The number of benzene rings is 2. The first-order valence-corrected chi connectivity index (χ1v) is 13.9. The molecular formula is C31H28F4N6O5. The average molecular weight is 641 g/mol. The van der Waals surface area contributed by atoms with E-state index in [2.05, 4.69) is 5.10 Å². The molecule has 5 aromatic rings. The Morgan fingerprint density at radius 2 is 1.72 bits per heavy atom. The maximum Gasteiger partial charge on any atom is 0.342 e. The molecule has 0 unspecified atom stereocenters. The summed E-state index contributed by atoms with van der Waals surface area (Å²) in [5.74, 6) is -4.94. The van der Waals surface area contributed by atoms with E-state index in [1.165, 1.54) is 28.8 Å². The number of aromatic nitrogens is 4. The number of anilines is 2. The van der Waals surface area contributed by atoms with Gasteiger partial charge in [-0.3, -0.25) is 9.36 Å². The van der Waals surface area contributed by atoms with Gasteiger partial charge in [-0.2, -0.15) is 5.10 Å². The molecule has 11 nitrogen and oxygen atoms in total.